The summed E-state index contributed by atoms with van der Waals surface area (Å²) in [6, 6.07) is 1.25. The van der Waals surface area contributed by atoms with E-state index in [4.69, 9.17) is 0 Å². The number of carbonyl (C=O) groups is 1. The second-order valence-electron chi connectivity index (χ2n) is 4.83. The third-order valence-corrected chi connectivity index (χ3v) is 3.98. The van der Waals surface area contributed by atoms with Gasteiger partial charge in [0.05, 0.1) is 5.41 Å². The molecule has 3 heteroatoms. The quantitative estimate of drug-likeness (QED) is 0.567. The van der Waals surface area contributed by atoms with Crippen LogP contribution in [0.4, 0.5) is 0 Å². The Morgan fingerprint density at radius 3 is 2.46 bits per heavy atom. The molecule has 3 saturated heterocycles. The van der Waals surface area contributed by atoms with Crippen LogP contribution < -0.4 is 10.6 Å². The largest absolute Gasteiger partial charge is 0.356 e. The highest BCUT2D eigenvalue weighted by Gasteiger charge is 2.50. The number of hydrogen-bond donors (Lipinski definition) is 2. The molecule has 2 atom stereocenters. The highest BCUT2D eigenvalue weighted by atomic mass is 16.2. The smallest absolute Gasteiger partial charge is 0.226 e. The van der Waals surface area contributed by atoms with Gasteiger partial charge in [-0.3, -0.25) is 4.79 Å². The maximum Gasteiger partial charge on any atom is 0.226 e. The Kier molecular flexibility index (Phi) is 1.48. The molecule has 1 spiro atoms. The molecule has 3 aliphatic rings. The van der Waals surface area contributed by atoms with Gasteiger partial charge in [0.2, 0.25) is 5.91 Å². The third kappa shape index (κ3) is 1.03. The van der Waals surface area contributed by atoms with Crippen molar-refractivity contribution in [3.63, 3.8) is 0 Å². The topological polar surface area (TPSA) is 41.1 Å². The molecule has 0 aromatic heterocycles. The molecule has 2 N–H and O–H groups in total. The van der Waals surface area contributed by atoms with Gasteiger partial charge in [0.15, 0.2) is 0 Å². The van der Waals surface area contributed by atoms with Crippen molar-refractivity contribution in [1.82, 2.24) is 10.6 Å². The number of piperidine rings is 1. The van der Waals surface area contributed by atoms with Gasteiger partial charge in [0.1, 0.15) is 0 Å². The van der Waals surface area contributed by atoms with Crippen molar-refractivity contribution in [3.8, 4) is 0 Å². The molecule has 0 aromatic rings. The molecular formula is C10H16N2O. The molecule has 13 heavy (non-hydrogen) atoms. The summed E-state index contributed by atoms with van der Waals surface area (Å²) in [6.07, 6.45) is 5.78. The van der Waals surface area contributed by atoms with Crippen LogP contribution in [-0.4, -0.2) is 24.5 Å². The first-order valence-electron chi connectivity index (χ1n) is 5.33. The summed E-state index contributed by atoms with van der Waals surface area (Å²) in [5, 5.41) is 6.56. The first kappa shape index (κ1) is 7.80. The number of fused-ring (bicyclic) bond motifs is 2. The van der Waals surface area contributed by atoms with E-state index in [0.29, 0.717) is 18.0 Å². The molecule has 2 bridgehead atoms. The second-order valence-corrected chi connectivity index (χ2v) is 4.83. The summed E-state index contributed by atoms with van der Waals surface area (Å²) in [5.74, 6) is 0.325. The van der Waals surface area contributed by atoms with Gasteiger partial charge < -0.3 is 10.6 Å². The van der Waals surface area contributed by atoms with E-state index in [-0.39, 0.29) is 5.41 Å². The van der Waals surface area contributed by atoms with Crippen LogP contribution in [0, 0.1) is 5.41 Å². The maximum absolute atomic E-state index is 11.7. The van der Waals surface area contributed by atoms with E-state index in [9.17, 15) is 4.79 Å². The zero-order valence-electron chi connectivity index (χ0n) is 7.81. The molecule has 0 radical (unpaired) electrons. The minimum atomic E-state index is 0.0249. The molecule has 3 aliphatic heterocycles. The normalized spacial score (nSPS) is 48.5. The van der Waals surface area contributed by atoms with Crippen LogP contribution in [0.1, 0.15) is 32.1 Å². The minimum Gasteiger partial charge on any atom is -0.356 e. The van der Waals surface area contributed by atoms with Gasteiger partial charge in [-0.25, -0.2) is 0 Å². The Balaban J connectivity index is 1.88. The first-order chi connectivity index (χ1) is 6.28. The Hall–Kier alpha value is -0.570. The molecule has 3 rings (SSSR count). The molecule has 72 valence electrons. The standard InChI is InChI=1S/C10H16N2O/c13-9-10(3-4-11-9)5-7-1-2-8(6-10)12-7/h7-8,12H,1-6H2,(H,11,13). The van der Waals surface area contributed by atoms with E-state index in [2.05, 4.69) is 10.6 Å². The monoisotopic (exact) mass is 180 g/mol. The molecular weight excluding hydrogens is 164 g/mol. The van der Waals surface area contributed by atoms with E-state index in [0.717, 1.165) is 25.8 Å². The summed E-state index contributed by atoms with van der Waals surface area (Å²) in [4.78, 5) is 11.7. The van der Waals surface area contributed by atoms with Crippen molar-refractivity contribution in [2.24, 2.45) is 5.41 Å². The first-order valence-corrected chi connectivity index (χ1v) is 5.33. The van der Waals surface area contributed by atoms with Crippen LogP contribution in [0.2, 0.25) is 0 Å². The number of amides is 1. The molecule has 3 heterocycles. The molecule has 0 saturated carbocycles. The molecule has 3 nitrogen and oxygen atoms in total. The highest BCUT2D eigenvalue weighted by molar-refractivity contribution is 5.85. The number of nitrogens with one attached hydrogen (secondary N) is 2. The zero-order valence-corrected chi connectivity index (χ0v) is 7.81. The van der Waals surface area contributed by atoms with Crippen LogP contribution in [0.5, 0.6) is 0 Å². The van der Waals surface area contributed by atoms with Crippen molar-refractivity contribution in [2.75, 3.05) is 6.54 Å². The molecule has 2 unspecified atom stereocenters. The van der Waals surface area contributed by atoms with Gasteiger partial charge in [-0.05, 0) is 32.1 Å². The van der Waals surface area contributed by atoms with E-state index < -0.39 is 0 Å². The lowest BCUT2D eigenvalue weighted by atomic mass is 9.74. The third-order valence-electron chi connectivity index (χ3n) is 3.98. The highest BCUT2D eigenvalue weighted by Crippen LogP contribution is 2.44. The fourth-order valence-electron chi connectivity index (χ4n) is 3.36. The Labute approximate surface area is 78.3 Å². The molecule has 3 fully saturated rings. The SMILES string of the molecule is O=C1NCCC12CC1CCC(C2)N1. The van der Waals surface area contributed by atoms with E-state index >= 15 is 0 Å². The van der Waals surface area contributed by atoms with E-state index in [1.807, 2.05) is 0 Å². The summed E-state index contributed by atoms with van der Waals surface area (Å²) < 4.78 is 0. The van der Waals surface area contributed by atoms with Crippen molar-refractivity contribution < 1.29 is 4.79 Å². The van der Waals surface area contributed by atoms with Crippen molar-refractivity contribution in [1.29, 1.82) is 0 Å². The summed E-state index contributed by atoms with van der Waals surface area (Å²) in [6.45, 7) is 0.901. The number of carbonyl (C=O) groups excluding carboxylic acids is 1. The zero-order chi connectivity index (χ0) is 8.89. The van der Waals surface area contributed by atoms with Crippen LogP contribution in [-0.2, 0) is 4.79 Å². The summed E-state index contributed by atoms with van der Waals surface area (Å²) >= 11 is 0. The van der Waals surface area contributed by atoms with Gasteiger partial charge in [-0.2, -0.15) is 0 Å². The fraction of sp³-hybridized carbons (Fsp3) is 0.900. The van der Waals surface area contributed by atoms with E-state index in [1.165, 1.54) is 12.8 Å². The fourth-order valence-corrected chi connectivity index (χ4v) is 3.36. The van der Waals surface area contributed by atoms with Crippen molar-refractivity contribution >= 4 is 5.91 Å². The molecule has 0 aliphatic carbocycles. The van der Waals surface area contributed by atoms with Crippen molar-refractivity contribution in [2.45, 2.75) is 44.2 Å². The lowest BCUT2D eigenvalue weighted by Crippen LogP contribution is -2.47. The molecule has 0 aromatic carbocycles. The Morgan fingerprint density at radius 2 is 1.92 bits per heavy atom. The lowest BCUT2D eigenvalue weighted by Gasteiger charge is -2.35. The van der Waals surface area contributed by atoms with Gasteiger partial charge in [0, 0.05) is 18.6 Å². The average molecular weight is 180 g/mol. The average Bonchev–Trinajstić information content (AvgIpc) is 2.60. The summed E-state index contributed by atoms with van der Waals surface area (Å²) in [7, 11) is 0. The number of hydrogen-bond acceptors (Lipinski definition) is 2. The Bertz CT molecular complexity index is 239. The van der Waals surface area contributed by atoms with Crippen LogP contribution in [0.25, 0.3) is 0 Å². The Morgan fingerprint density at radius 1 is 1.23 bits per heavy atom. The van der Waals surface area contributed by atoms with Gasteiger partial charge in [-0.1, -0.05) is 0 Å². The van der Waals surface area contributed by atoms with Crippen LogP contribution in [0.15, 0.2) is 0 Å². The minimum absolute atomic E-state index is 0.0249. The van der Waals surface area contributed by atoms with Gasteiger partial charge >= 0.3 is 0 Å². The van der Waals surface area contributed by atoms with Crippen LogP contribution >= 0.6 is 0 Å². The van der Waals surface area contributed by atoms with Gasteiger partial charge in [0.25, 0.3) is 0 Å². The predicted molar refractivity (Wildman–Crippen MR) is 49.2 cm³/mol. The predicted octanol–water partition coefficient (Wildman–Crippen LogP) is 0.407. The summed E-state index contributed by atoms with van der Waals surface area (Å²) in [5.41, 5.74) is 0.0249. The second kappa shape index (κ2) is 2.47. The van der Waals surface area contributed by atoms with Crippen molar-refractivity contribution in [3.05, 3.63) is 0 Å². The van der Waals surface area contributed by atoms with Crippen LogP contribution in [0.3, 0.4) is 0 Å². The number of rotatable bonds is 0. The maximum atomic E-state index is 11.7. The van der Waals surface area contributed by atoms with Gasteiger partial charge in [-0.15, -0.1) is 0 Å². The lowest BCUT2D eigenvalue weighted by molar-refractivity contribution is -0.129. The molecule has 1 amide bonds. The van der Waals surface area contributed by atoms with E-state index in [1.54, 1.807) is 0 Å².